The average Bonchev–Trinajstić information content (AvgIpc) is 2.88. The van der Waals surface area contributed by atoms with Gasteiger partial charge in [0.1, 0.15) is 11.7 Å². The van der Waals surface area contributed by atoms with Crippen LogP contribution < -0.4 is 4.74 Å². The van der Waals surface area contributed by atoms with Crippen molar-refractivity contribution < 1.29 is 28.6 Å². The van der Waals surface area contributed by atoms with Gasteiger partial charge in [0.05, 0.1) is 31.8 Å². The summed E-state index contributed by atoms with van der Waals surface area (Å²) in [6, 6.07) is 16.8. The van der Waals surface area contributed by atoms with Gasteiger partial charge in [-0.15, -0.1) is 0 Å². The van der Waals surface area contributed by atoms with Crippen molar-refractivity contribution in [2.24, 2.45) is 16.8 Å². The van der Waals surface area contributed by atoms with Crippen LogP contribution in [0.5, 0.6) is 5.75 Å². The Labute approximate surface area is 211 Å². The molecule has 0 bridgehead atoms. The molecule has 7 nitrogen and oxygen atoms in total. The Balaban J connectivity index is 1.90. The van der Waals surface area contributed by atoms with Crippen LogP contribution in [-0.2, 0) is 23.9 Å². The van der Waals surface area contributed by atoms with Gasteiger partial charge in [-0.3, -0.25) is 14.6 Å². The molecule has 0 N–H and O–H groups in total. The smallest absolute Gasteiger partial charge is 0.336 e. The number of esters is 2. The number of aliphatic imine (C=N–C) groups is 1. The van der Waals surface area contributed by atoms with E-state index in [0.717, 1.165) is 11.1 Å². The van der Waals surface area contributed by atoms with Gasteiger partial charge in [-0.1, -0.05) is 48.5 Å². The molecule has 0 spiro atoms. The Hall–Kier alpha value is -3.74. The maximum Gasteiger partial charge on any atom is 0.336 e. The summed E-state index contributed by atoms with van der Waals surface area (Å²) in [5.74, 6) is -3.74. The number of hydrogen-bond acceptors (Lipinski definition) is 7. The molecule has 1 aliphatic heterocycles. The largest absolute Gasteiger partial charge is 0.496 e. The molecule has 1 heterocycles. The van der Waals surface area contributed by atoms with Gasteiger partial charge in [0.15, 0.2) is 5.78 Å². The van der Waals surface area contributed by atoms with Crippen LogP contribution in [0.4, 0.5) is 0 Å². The van der Waals surface area contributed by atoms with Gasteiger partial charge in [-0.2, -0.15) is 0 Å². The first-order valence-electron chi connectivity index (χ1n) is 12.3. The van der Waals surface area contributed by atoms with Gasteiger partial charge < -0.3 is 14.2 Å². The zero-order chi connectivity index (χ0) is 25.8. The number of Topliss-reactive ketones (excluding diaryl/α,β-unsaturated/α-hetero) is 1. The fraction of sp³-hybridized carbons (Fsp3) is 0.379. The zero-order valence-corrected chi connectivity index (χ0v) is 21.0. The van der Waals surface area contributed by atoms with Gasteiger partial charge >= 0.3 is 11.9 Å². The zero-order valence-electron chi connectivity index (χ0n) is 21.0. The van der Waals surface area contributed by atoms with E-state index in [1.54, 1.807) is 27.9 Å². The van der Waals surface area contributed by atoms with Gasteiger partial charge in [-0.05, 0) is 44.4 Å². The maximum atomic E-state index is 14.3. The minimum Gasteiger partial charge on any atom is -0.496 e. The molecule has 0 saturated heterocycles. The number of carbonyl (C=O) groups excluding carboxylic acids is 3. The van der Waals surface area contributed by atoms with E-state index in [1.165, 1.54) is 0 Å². The quantitative estimate of drug-likeness (QED) is 0.416. The number of allylic oxidation sites excluding steroid dienone is 1. The normalized spacial score (nSPS) is 23.4. The molecule has 1 aliphatic carbocycles. The Morgan fingerprint density at radius 2 is 1.61 bits per heavy atom. The summed E-state index contributed by atoms with van der Waals surface area (Å²) < 4.78 is 16.3. The van der Waals surface area contributed by atoms with Crippen LogP contribution in [0.1, 0.15) is 50.2 Å². The molecule has 36 heavy (non-hydrogen) atoms. The summed E-state index contributed by atoms with van der Waals surface area (Å²) in [6.07, 6.45) is 0.358. The Morgan fingerprint density at radius 3 is 2.28 bits per heavy atom. The molecule has 2 aromatic carbocycles. The second-order valence-corrected chi connectivity index (χ2v) is 8.87. The molecule has 1 fully saturated rings. The standard InChI is InChI=1S/C29H31NO6/c1-5-35-28(32)23-17(3)30-21-16-20(19-14-10-11-15-22(19)34-4)25(29(33)36-6-2)27(31)26(21)24(23)18-12-8-7-9-13-18/h7-15,20,24-26H,5-6,16H2,1-4H3/t20-,24-,25+,26?/m1/s1. The first-order chi connectivity index (χ1) is 17.4. The Kier molecular flexibility index (Phi) is 7.67. The number of rotatable bonds is 7. The van der Waals surface area contributed by atoms with Gasteiger partial charge in [0, 0.05) is 23.2 Å². The highest BCUT2D eigenvalue weighted by Gasteiger charge is 2.53. The van der Waals surface area contributed by atoms with Gasteiger partial charge in [-0.25, -0.2) is 4.79 Å². The molecule has 4 rings (SSSR count). The van der Waals surface area contributed by atoms with E-state index in [9.17, 15) is 14.4 Å². The van der Waals surface area contributed by atoms with E-state index < -0.39 is 35.6 Å². The molecule has 1 saturated carbocycles. The van der Waals surface area contributed by atoms with Gasteiger partial charge in [0.2, 0.25) is 0 Å². The molecule has 0 aromatic heterocycles. The molecular weight excluding hydrogens is 458 g/mol. The fourth-order valence-electron chi connectivity index (χ4n) is 5.44. The summed E-state index contributed by atoms with van der Waals surface area (Å²) >= 11 is 0. The van der Waals surface area contributed by atoms with Crippen molar-refractivity contribution in [1.82, 2.24) is 0 Å². The number of hydrogen-bond donors (Lipinski definition) is 0. The third-order valence-electron chi connectivity index (χ3n) is 6.88. The number of para-hydroxylation sites is 1. The monoisotopic (exact) mass is 489 g/mol. The second-order valence-electron chi connectivity index (χ2n) is 8.87. The minimum atomic E-state index is -1.06. The van der Waals surface area contributed by atoms with E-state index in [1.807, 2.05) is 54.6 Å². The molecule has 2 aliphatic rings. The lowest BCUT2D eigenvalue weighted by atomic mass is 9.62. The van der Waals surface area contributed by atoms with Crippen molar-refractivity contribution in [2.75, 3.05) is 20.3 Å². The maximum absolute atomic E-state index is 14.3. The van der Waals surface area contributed by atoms with Crippen molar-refractivity contribution in [1.29, 1.82) is 0 Å². The molecule has 4 atom stereocenters. The highest BCUT2D eigenvalue weighted by Crippen LogP contribution is 2.49. The van der Waals surface area contributed by atoms with Crippen LogP contribution in [0.3, 0.4) is 0 Å². The van der Waals surface area contributed by atoms with Crippen LogP contribution in [-0.4, -0.2) is 43.8 Å². The van der Waals surface area contributed by atoms with Crippen LogP contribution in [0.15, 0.2) is 70.9 Å². The van der Waals surface area contributed by atoms with Crippen molar-refractivity contribution in [3.63, 3.8) is 0 Å². The first-order valence-corrected chi connectivity index (χ1v) is 12.3. The number of benzene rings is 2. The van der Waals surface area contributed by atoms with Crippen LogP contribution >= 0.6 is 0 Å². The number of ketones is 1. The number of nitrogens with zero attached hydrogens (tertiary/aromatic N) is 1. The number of methoxy groups -OCH3 is 1. The van der Waals surface area contributed by atoms with E-state index in [2.05, 4.69) is 0 Å². The number of ether oxygens (including phenoxy) is 3. The number of carbonyl (C=O) groups is 3. The third kappa shape index (κ3) is 4.57. The molecule has 7 heteroatoms. The Morgan fingerprint density at radius 1 is 0.944 bits per heavy atom. The topological polar surface area (TPSA) is 91.3 Å². The molecule has 0 radical (unpaired) electrons. The lowest BCUT2D eigenvalue weighted by molar-refractivity contribution is -0.153. The highest BCUT2D eigenvalue weighted by atomic mass is 16.5. The van der Waals surface area contributed by atoms with Crippen LogP contribution in [0.2, 0.25) is 0 Å². The lowest BCUT2D eigenvalue weighted by Gasteiger charge is -2.41. The summed E-state index contributed by atoms with van der Waals surface area (Å²) in [4.78, 5) is 45.4. The summed E-state index contributed by atoms with van der Waals surface area (Å²) in [5, 5.41) is 0. The molecule has 2 aromatic rings. The van der Waals surface area contributed by atoms with E-state index >= 15 is 0 Å². The van der Waals surface area contributed by atoms with Crippen molar-refractivity contribution >= 4 is 23.4 Å². The van der Waals surface area contributed by atoms with Crippen molar-refractivity contribution in [3.05, 3.63) is 77.0 Å². The minimum absolute atomic E-state index is 0.155. The molecule has 188 valence electrons. The van der Waals surface area contributed by atoms with E-state index in [-0.39, 0.29) is 19.0 Å². The number of fused-ring (bicyclic) bond motifs is 1. The predicted octanol–water partition coefficient (Wildman–Crippen LogP) is 4.62. The summed E-state index contributed by atoms with van der Waals surface area (Å²) in [7, 11) is 1.56. The lowest BCUT2D eigenvalue weighted by Crippen LogP contribution is -2.48. The average molecular weight is 490 g/mol. The predicted molar refractivity (Wildman–Crippen MR) is 135 cm³/mol. The molecule has 1 unspecified atom stereocenters. The van der Waals surface area contributed by atoms with Crippen molar-refractivity contribution in [3.8, 4) is 5.75 Å². The van der Waals surface area contributed by atoms with E-state index in [4.69, 9.17) is 19.2 Å². The molecular formula is C29H31NO6. The Bertz CT molecular complexity index is 1220. The highest BCUT2D eigenvalue weighted by molar-refractivity contribution is 6.18. The summed E-state index contributed by atoms with van der Waals surface area (Å²) in [5.41, 5.74) is 3.07. The molecule has 0 amide bonds. The third-order valence-corrected chi connectivity index (χ3v) is 6.88. The first kappa shape index (κ1) is 25.4. The van der Waals surface area contributed by atoms with Gasteiger partial charge in [0.25, 0.3) is 0 Å². The van der Waals surface area contributed by atoms with Crippen molar-refractivity contribution in [2.45, 2.75) is 39.0 Å². The van der Waals surface area contributed by atoms with E-state index in [0.29, 0.717) is 29.2 Å². The second kappa shape index (κ2) is 10.9. The summed E-state index contributed by atoms with van der Waals surface area (Å²) in [6.45, 7) is 5.58. The van der Waals surface area contributed by atoms with Crippen LogP contribution in [0, 0.1) is 11.8 Å². The van der Waals surface area contributed by atoms with Crippen LogP contribution in [0.25, 0.3) is 0 Å². The SMILES string of the molecule is CCOC(=O)C1=C(C)N=C2C[C@H](c3ccccc3OC)[C@H](C(=O)OCC)C(=O)C2[C@@H]1c1ccccc1. The fourth-order valence-corrected chi connectivity index (χ4v) is 5.44.